The van der Waals surface area contributed by atoms with Crippen molar-refractivity contribution in [1.29, 1.82) is 0 Å². The molecule has 8 nitrogen and oxygen atoms in total. The van der Waals surface area contributed by atoms with Gasteiger partial charge >= 0.3 is 0 Å². The molecule has 0 radical (unpaired) electrons. The minimum atomic E-state index is -0.362. The van der Waals surface area contributed by atoms with Gasteiger partial charge < -0.3 is 9.47 Å². The molecule has 1 aromatic carbocycles. The van der Waals surface area contributed by atoms with Crippen molar-refractivity contribution in [3.05, 3.63) is 77.6 Å². The summed E-state index contributed by atoms with van der Waals surface area (Å²) in [4.78, 5) is 27.0. The molecule has 0 saturated heterocycles. The van der Waals surface area contributed by atoms with E-state index in [-0.39, 0.29) is 17.1 Å². The van der Waals surface area contributed by atoms with Crippen molar-refractivity contribution in [1.82, 2.24) is 24.6 Å². The summed E-state index contributed by atoms with van der Waals surface area (Å²) < 4.78 is 13.3. The van der Waals surface area contributed by atoms with Gasteiger partial charge in [0, 0.05) is 42.3 Å². The number of allylic oxidation sites excluding steroid dienone is 2. The Balaban J connectivity index is 1.59. The Bertz CT molecular complexity index is 1460. The van der Waals surface area contributed by atoms with E-state index in [1.807, 2.05) is 36.4 Å². The average Bonchev–Trinajstić information content (AvgIpc) is 3.27. The third kappa shape index (κ3) is 3.25. The summed E-state index contributed by atoms with van der Waals surface area (Å²) in [5.74, 6) is 2.20. The highest BCUT2D eigenvalue weighted by Gasteiger charge is 2.44. The van der Waals surface area contributed by atoms with Crippen LogP contribution in [-0.2, 0) is 4.79 Å². The molecule has 0 amide bonds. The molecule has 4 aromatic rings. The number of aromatic nitrogens is 5. The highest BCUT2D eigenvalue weighted by Crippen LogP contribution is 2.50. The number of rotatable bonds is 3. The first kappa shape index (κ1) is 20.5. The predicted molar refractivity (Wildman–Crippen MR) is 125 cm³/mol. The Kier molecular flexibility index (Phi) is 4.52. The van der Waals surface area contributed by atoms with E-state index in [2.05, 4.69) is 28.9 Å². The first-order chi connectivity index (χ1) is 16.4. The molecule has 0 unspecified atom stereocenters. The van der Waals surface area contributed by atoms with Crippen LogP contribution in [0.15, 0.2) is 66.5 Å². The lowest BCUT2D eigenvalue weighted by Crippen LogP contribution is -2.33. The van der Waals surface area contributed by atoms with Crippen molar-refractivity contribution in [2.24, 2.45) is 5.41 Å². The normalized spacial score (nSPS) is 18.9. The maximum atomic E-state index is 13.5. The van der Waals surface area contributed by atoms with Crippen molar-refractivity contribution < 1.29 is 14.3 Å². The summed E-state index contributed by atoms with van der Waals surface area (Å²) in [6.07, 6.45) is 6.15. The van der Waals surface area contributed by atoms with Gasteiger partial charge in [-0.1, -0.05) is 26.0 Å². The Hall–Kier alpha value is -4.07. The van der Waals surface area contributed by atoms with Crippen LogP contribution in [0.4, 0.5) is 0 Å². The molecule has 0 bridgehead atoms. The van der Waals surface area contributed by atoms with Gasteiger partial charge in [-0.05, 0) is 35.2 Å². The number of carbonyl (C=O) groups is 1. The van der Waals surface area contributed by atoms with Crippen molar-refractivity contribution >= 4 is 11.4 Å². The summed E-state index contributed by atoms with van der Waals surface area (Å²) in [7, 11) is 1.64. The van der Waals surface area contributed by atoms with E-state index in [0.717, 1.165) is 22.4 Å². The number of nitrogens with zero attached hydrogens (tertiary/aromatic N) is 5. The quantitative estimate of drug-likeness (QED) is 0.455. The van der Waals surface area contributed by atoms with Gasteiger partial charge in [-0.3, -0.25) is 9.78 Å². The molecule has 3 aromatic heterocycles. The third-order valence-electron chi connectivity index (χ3n) is 6.45. The minimum Gasteiger partial charge on any atom is -0.497 e. The zero-order chi connectivity index (χ0) is 23.4. The second kappa shape index (κ2) is 7.48. The fraction of sp³-hybridized carbons (Fsp3) is 0.269. The second-order valence-electron chi connectivity index (χ2n) is 9.49. The highest BCUT2D eigenvalue weighted by molar-refractivity contribution is 6.00. The molecule has 0 N–H and O–H groups in total. The predicted octanol–water partition coefficient (Wildman–Crippen LogP) is 4.36. The van der Waals surface area contributed by atoms with Gasteiger partial charge in [0.05, 0.1) is 12.7 Å². The number of carbonyl (C=O) groups excluding carboxylic acids is 1. The molecular formula is C26H23N5O3. The van der Waals surface area contributed by atoms with Gasteiger partial charge in [-0.2, -0.15) is 0 Å². The maximum Gasteiger partial charge on any atom is 0.228 e. The van der Waals surface area contributed by atoms with Gasteiger partial charge in [-0.15, -0.1) is 5.10 Å². The van der Waals surface area contributed by atoms with E-state index in [9.17, 15) is 4.79 Å². The van der Waals surface area contributed by atoms with Crippen LogP contribution in [0.25, 0.3) is 17.0 Å². The number of ether oxygens (including phenoxy) is 2. The standard InChI is InChI=1S/C26H23N5O3/c1-26(2)12-18(32)21-19(13-26)34-25-22(20(21)15-4-6-17(33-3)7-5-15)24-29-23(30-31(24)14-28-25)16-8-10-27-11-9-16/h4-11,14,20H,12-13H2,1-3H3/t20-/m0/s1. The van der Waals surface area contributed by atoms with E-state index in [1.165, 1.54) is 0 Å². The van der Waals surface area contributed by atoms with Crippen LogP contribution in [0.2, 0.25) is 0 Å². The Morgan fingerprint density at radius 2 is 1.85 bits per heavy atom. The first-order valence-corrected chi connectivity index (χ1v) is 11.2. The minimum absolute atomic E-state index is 0.0913. The molecule has 1 atom stereocenters. The van der Waals surface area contributed by atoms with Crippen molar-refractivity contribution in [2.45, 2.75) is 32.6 Å². The van der Waals surface area contributed by atoms with Gasteiger partial charge in [0.25, 0.3) is 0 Å². The highest BCUT2D eigenvalue weighted by atomic mass is 16.5. The molecule has 1 aliphatic heterocycles. The van der Waals surface area contributed by atoms with Gasteiger partial charge in [0.2, 0.25) is 5.88 Å². The largest absolute Gasteiger partial charge is 0.497 e. The van der Waals surface area contributed by atoms with Gasteiger partial charge in [-0.25, -0.2) is 14.5 Å². The molecule has 0 fully saturated rings. The fourth-order valence-corrected chi connectivity index (χ4v) is 4.90. The first-order valence-electron chi connectivity index (χ1n) is 11.2. The SMILES string of the molecule is COc1ccc([C@H]2C3=C(CC(C)(C)CC3=O)Oc3ncn4nc(-c5ccncc5)nc4c32)cc1. The zero-order valence-electron chi connectivity index (χ0n) is 19.1. The topological polar surface area (TPSA) is 91.5 Å². The lowest BCUT2D eigenvalue weighted by Gasteiger charge is -2.37. The van der Waals surface area contributed by atoms with E-state index in [0.29, 0.717) is 41.5 Å². The van der Waals surface area contributed by atoms with Crippen LogP contribution < -0.4 is 9.47 Å². The van der Waals surface area contributed by atoms with Crippen LogP contribution >= 0.6 is 0 Å². The molecule has 1 aliphatic carbocycles. The van der Waals surface area contributed by atoms with Crippen molar-refractivity contribution in [2.75, 3.05) is 7.11 Å². The van der Waals surface area contributed by atoms with E-state index in [1.54, 1.807) is 30.3 Å². The molecule has 4 heterocycles. The smallest absolute Gasteiger partial charge is 0.228 e. The lowest BCUT2D eigenvalue weighted by atomic mass is 9.70. The summed E-state index contributed by atoms with van der Waals surface area (Å²) in [6.45, 7) is 4.18. The second-order valence-corrected chi connectivity index (χ2v) is 9.49. The molecule has 170 valence electrons. The Morgan fingerprint density at radius 1 is 1.09 bits per heavy atom. The number of pyridine rings is 1. The third-order valence-corrected chi connectivity index (χ3v) is 6.45. The summed E-state index contributed by atoms with van der Waals surface area (Å²) >= 11 is 0. The van der Waals surface area contributed by atoms with Crippen LogP contribution in [-0.4, -0.2) is 37.5 Å². The molecule has 0 spiro atoms. The summed E-state index contributed by atoms with van der Waals surface area (Å²) in [5, 5.41) is 4.63. The summed E-state index contributed by atoms with van der Waals surface area (Å²) in [5.41, 5.74) is 3.66. The number of ketones is 1. The fourth-order valence-electron chi connectivity index (χ4n) is 4.90. The molecular weight excluding hydrogens is 430 g/mol. The molecule has 8 heteroatoms. The number of hydrogen-bond donors (Lipinski definition) is 0. The lowest BCUT2D eigenvalue weighted by molar-refractivity contribution is -0.118. The number of benzene rings is 1. The van der Waals surface area contributed by atoms with Crippen LogP contribution in [0.1, 0.15) is 43.7 Å². The molecule has 6 rings (SSSR count). The Morgan fingerprint density at radius 3 is 2.59 bits per heavy atom. The Labute approximate surface area is 196 Å². The molecule has 2 aliphatic rings. The van der Waals surface area contributed by atoms with Crippen molar-refractivity contribution in [3.8, 4) is 23.0 Å². The number of methoxy groups -OCH3 is 1. The molecule has 34 heavy (non-hydrogen) atoms. The maximum absolute atomic E-state index is 13.5. The van der Waals surface area contributed by atoms with E-state index >= 15 is 0 Å². The summed E-state index contributed by atoms with van der Waals surface area (Å²) in [6, 6.07) is 11.5. The van der Waals surface area contributed by atoms with Crippen LogP contribution in [0, 0.1) is 5.41 Å². The zero-order valence-corrected chi connectivity index (χ0v) is 19.1. The monoisotopic (exact) mass is 453 g/mol. The van der Waals surface area contributed by atoms with Crippen LogP contribution in [0.3, 0.4) is 0 Å². The van der Waals surface area contributed by atoms with Gasteiger partial charge in [0.1, 0.15) is 17.8 Å². The van der Waals surface area contributed by atoms with Gasteiger partial charge in [0.15, 0.2) is 17.3 Å². The molecule has 0 saturated carbocycles. The van der Waals surface area contributed by atoms with Crippen LogP contribution in [0.5, 0.6) is 11.6 Å². The van der Waals surface area contributed by atoms with E-state index < -0.39 is 0 Å². The number of Topliss-reactive ketones (excluding diaryl/α,β-unsaturated/α-hetero) is 1. The van der Waals surface area contributed by atoms with Crippen molar-refractivity contribution in [3.63, 3.8) is 0 Å². The van der Waals surface area contributed by atoms with E-state index in [4.69, 9.17) is 14.5 Å². The number of hydrogen-bond acceptors (Lipinski definition) is 7. The number of fused-ring (bicyclic) bond motifs is 3. The average molecular weight is 454 g/mol.